The van der Waals surface area contributed by atoms with Crippen molar-refractivity contribution in [2.24, 2.45) is 16.6 Å². The lowest BCUT2D eigenvalue weighted by Crippen LogP contribution is -2.18. The van der Waals surface area contributed by atoms with Crippen molar-refractivity contribution in [1.82, 2.24) is 0 Å². The zero-order chi connectivity index (χ0) is 8.27. The first kappa shape index (κ1) is 7.98. The lowest BCUT2D eigenvalue weighted by atomic mass is 10.0. The first-order valence-electron chi connectivity index (χ1n) is 3.69. The fourth-order valence-corrected chi connectivity index (χ4v) is 1.11. The van der Waals surface area contributed by atoms with Crippen LogP contribution in [0.15, 0.2) is 17.1 Å². The normalized spacial score (nSPS) is 18.1. The molecular weight excluding hydrogens is 140 g/mol. The van der Waals surface area contributed by atoms with E-state index in [0.29, 0.717) is 6.42 Å². The van der Waals surface area contributed by atoms with Gasteiger partial charge < -0.3 is 5.73 Å². The summed E-state index contributed by atoms with van der Waals surface area (Å²) in [5.74, 6) is -0.0910. The molecule has 1 aliphatic heterocycles. The van der Waals surface area contributed by atoms with Gasteiger partial charge in [0.15, 0.2) is 0 Å². The standard InChI is InChI=1S/C8H12N2O/c1-6(5-8(9)11)7-3-2-4-10-7/h2-3,6H,4-5H2,1H3,(H2,9,11). The molecule has 3 heteroatoms. The number of carbonyl (C=O) groups is 1. The number of allylic oxidation sites excluding steroid dienone is 1. The number of primary amides is 1. The van der Waals surface area contributed by atoms with Crippen LogP contribution in [0.5, 0.6) is 0 Å². The zero-order valence-corrected chi connectivity index (χ0v) is 6.58. The largest absolute Gasteiger partial charge is 0.370 e. The van der Waals surface area contributed by atoms with Gasteiger partial charge >= 0.3 is 0 Å². The summed E-state index contributed by atoms with van der Waals surface area (Å²) >= 11 is 0. The molecular formula is C8H12N2O. The Bertz CT molecular complexity index is 218. The van der Waals surface area contributed by atoms with Gasteiger partial charge in [-0.3, -0.25) is 9.79 Å². The molecule has 0 aromatic rings. The summed E-state index contributed by atoms with van der Waals surface area (Å²) in [6, 6.07) is 0. The highest BCUT2D eigenvalue weighted by atomic mass is 16.1. The molecule has 0 aromatic heterocycles. The Morgan fingerprint density at radius 2 is 2.64 bits per heavy atom. The molecule has 1 amide bonds. The molecule has 11 heavy (non-hydrogen) atoms. The second-order valence-electron chi connectivity index (χ2n) is 2.74. The predicted octanol–water partition coefficient (Wildman–Crippen LogP) is 0.509. The molecule has 0 aliphatic carbocycles. The van der Waals surface area contributed by atoms with E-state index in [9.17, 15) is 4.79 Å². The van der Waals surface area contributed by atoms with Crippen molar-refractivity contribution in [1.29, 1.82) is 0 Å². The number of nitrogens with zero attached hydrogens (tertiary/aromatic N) is 1. The van der Waals surface area contributed by atoms with Crippen LogP contribution in [0, 0.1) is 5.92 Å². The maximum atomic E-state index is 10.5. The fourth-order valence-electron chi connectivity index (χ4n) is 1.11. The van der Waals surface area contributed by atoms with E-state index < -0.39 is 0 Å². The SMILES string of the molecule is CC(CC(N)=O)C1=NCC=C1. The molecule has 1 heterocycles. The lowest BCUT2D eigenvalue weighted by Gasteiger charge is -2.05. The minimum Gasteiger partial charge on any atom is -0.370 e. The Morgan fingerprint density at radius 1 is 1.91 bits per heavy atom. The van der Waals surface area contributed by atoms with E-state index in [1.165, 1.54) is 0 Å². The molecule has 1 aliphatic rings. The van der Waals surface area contributed by atoms with E-state index in [1.807, 2.05) is 19.1 Å². The third-order valence-electron chi connectivity index (χ3n) is 1.68. The summed E-state index contributed by atoms with van der Waals surface area (Å²) in [5.41, 5.74) is 6.03. The topological polar surface area (TPSA) is 55.5 Å². The summed E-state index contributed by atoms with van der Waals surface area (Å²) in [5, 5.41) is 0. The zero-order valence-electron chi connectivity index (χ0n) is 6.58. The number of rotatable bonds is 3. The first-order valence-corrected chi connectivity index (χ1v) is 3.69. The molecule has 60 valence electrons. The molecule has 0 aromatic carbocycles. The first-order chi connectivity index (χ1) is 5.20. The highest BCUT2D eigenvalue weighted by Gasteiger charge is 2.12. The van der Waals surface area contributed by atoms with Crippen molar-refractivity contribution in [2.75, 3.05) is 6.54 Å². The van der Waals surface area contributed by atoms with E-state index >= 15 is 0 Å². The molecule has 0 saturated heterocycles. The average molecular weight is 152 g/mol. The van der Waals surface area contributed by atoms with Gasteiger partial charge in [-0.1, -0.05) is 13.0 Å². The van der Waals surface area contributed by atoms with E-state index in [-0.39, 0.29) is 11.8 Å². The molecule has 0 radical (unpaired) electrons. The van der Waals surface area contributed by atoms with Crippen molar-refractivity contribution < 1.29 is 4.79 Å². The van der Waals surface area contributed by atoms with Gasteiger partial charge in [0.25, 0.3) is 0 Å². The maximum Gasteiger partial charge on any atom is 0.218 e. The molecule has 0 fully saturated rings. The van der Waals surface area contributed by atoms with Crippen LogP contribution in [0.4, 0.5) is 0 Å². The monoisotopic (exact) mass is 152 g/mol. The molecule has 1 rings (SSSR count). The minimum atomic E-state index is -0.263. The summed E-state index contributed by atoms with van der Waals surface area (Å²) in [6.45, 7) is 2.71. The minimum absolute atomic E-state index is 0.172. The molecule has 3 nitrogen and oxygen atoms in total. The van der Waals surface area contributed by atoms with Gasteiger partial charge in [0.2, 0.25) is 5.91 Å². The van der Waals surface area contributed by atoms with Crippen LogP contribution in [0.3, 0.4) is 0 Å². The van der Waals surface area contributed by atoms with Crippen LogP contribution in [-0.4, -0.2) is 18.2 Å². The van der Waals surface area contributed by atoms with Crippen molar-refractivity contribution in [3.63, 3.8) is 0 Å². The molecule has 0 spiro atoms. The highest BCUT2D eigenvalue weighted by Crippen LogP contribution is 2.09. The number of amides is 1. The van der Waals surface area contributed by atoms with Crippen molar-refractivity contribution in [3.05, 3.63) is 12.2 Å². The quantitative estimate of drug-likeness (QED) is 0.629. The van der Waals surface area contributed by atoms with Crippen LogP contribution < -0.4 is 5.73 Å². The Labute approximate surface area is 66.0 Å². The lowest BCUT2D eigenvalue weighted by molar-refractivity contribution is -0.118. The van der Waals surface area contributed by atoms with Crippen molar-refractivity contribution in [3.8, 4) is 0 Å². The highest BCUT2D eigenvalue weighted by molar-refractivity contribution is 6.00. The number of carbonyl (C=O) groups excluding carboxylic acids is 1. The maximum absolute atomic E-state index is 10.5. The van der Waals surface area contributed by atoms with Crippen LogP contribution in [0.2, 0.25) is 0 Å². The van der Waals surface area contributed by atoms with Gasteiger partial charge in [0.1, 0.15) is 0 Å². The summed E-state index contributed by atoms with van der Waals surface area (Å²) in [7, 11) is 0. The van der Waals surface area contributed by atoms with Gasteiger partial charge in [-0.05, 0) is 6.08 Å². The summed E-state index contributed by atoms with van der Waals surface area (Å²) < 4.78 is 0. The van der Waals surface area contributed by atoms with E-state index in [2.05, 4.69) is 4.99 Å². The van der Waals surface area contributed by atoms with Gasteiger partial charge in [-0.2, -0.15) is 0 Å². The number of aliphatic imine (C=N–C) groups is 1. The summed E-state index contributed by atoms with van der Waals surface area (Å²) in [4.78, 5) is 14.7. The Balaban J connectivity index is 2.47. The van der Waals surface area contributed by atoms with Gasteiger partial charge in [-0.25, -0.2) is 0 Å². The van der Waals surface area contributed by atoms with Crippen LogP contribution in [0.1, 0.15) is 13.3 Å². The van der Waals surface area contributed by atoms with Gasteiger partial charge in [0.05, 0.1) is 6.54 Å². The van der Waals surface area contributed by atoms with E-state index in [1.54, 1.807) is 0 Å². The molecule has 0 saturated carbocycles. The van der Waals surface area contributed by atoms with Crippen LogP contribution in [-0.2, 0) is 4.79 Å². The van der Waals surface area contributed by atoms with Crippen LogP contribution in [0.25, 0.3) is 0 Å². The fraction of sp³-hybridized carbons (Fsp3) is 0.500. The average Bonchev–Trinajstić information content (AvgIpc) is 2.35. The van der Waals surface area contributed by atoms with E-state index in [0.717, 1.165) is 12.3 Å². The molecule has 1 unspecified atom stereocenters. The van der Waals surface area contributed by atoms with E-state index in [4.69, 9.17) is 5.73 Å². The van der Waals surface area contributed by atoms with Crippen molar-refractivity contribution in [2.45, 2.75) is 13.3 Å². The number of hydrogen-bond acceptors (Lipinski definition) is 2. The molecule has 2 N–H and O–H groups in total. The van der Waals surface area contributed by atoms with Gasteiger partial charge in [-0.15, -0.1) is 0 Å². The smallest absolute Gasteiger partial charge is 0.218 e. The molecule has 0 bridgehead atoms. The van der Waals surface area contributed by atoms with Crippen molar-refractivity contribution >= 4 is 11.6 Å². The second kappa shape index (κ2) is 3.32. The Morgan fingerprint density at radius 3 is 3.09 bits per heavy atom. The van der Waals surface area contributed by atoms with Gasteiger partial charge in [0, 0.05) is 18.1 Å². The second-order valence-corrected chi connectivity index (χ2v) is 2.74. The third-order valence-corrected chi connectivity index (χ3v) is 1.68. The summed E-state index contributed by atoms with van der Waals surface area (Å²) in [6.07, 6.45) is 4.32. The number of hydrogen-bond donors (Lipinski definition) is 1. The Hall–Kier alpha value is -1.12. The van der Waals surface area contributed by atoms with Crippen LogP contribution >= 0.6 is 0 Å². The third kappa shape index (κ3) is 2.18. The predicted molar refractivity (Wildman–Crippen MR) is 44.4 cm³/mol. The number of nitrogens with two attached hydrogens (primary N) is 1. The molecule has 1 atom stereocenters. The Kier molecular flexibility index (Phi) is 2.41.